The van der Waals surface area contributed by atoms with Crippen molar-refractivity contribution < 1.29 is 19.1 Å². The second-order valence-electron chi connectivity index (χ2n) is 6.55. The third-order valence-corrected chi connectivity index (χ3v) is 4.69. The van der Waals surface area contributed by atoms with E-state index in [0.717, 1.165) is 35.3 Å². The molecule has 0 atom stereocenters. The lowest BCUT2D eigenvalue weighted by molar-refractivity contribution is 0.0469. The molecule has 0 fully saturated rings. The predicted octanol–water partition coefficient (Wildman–Crippen LogP) is 3.66. The van der Waals surface area contributed by atoms with Crippen LogP contribution in [0.1, 0.15) is 38.7 Å². The van der Waals surface area contributed by atoms with Crippen molar-refractivity contribution in [1.82, 2.24) is 9.55 Å². The number of esters is 1. The van der Waals surface area contributed by atoms with Gasteiger partial charge in [-0.05, 0) is 38.5 Å². The average Bonchev–Trinajstić information content (AvgIpc) is 3.22. The Morgan fingerprint density at radius 1 is 1.15 bits per heavy atom. The highest BCUT2D eigenvalue weighted by Gasteiger charge is 2.18. The van der Waals surface area contributed by atoms with Crippen LogP contribution in [0, 0.1) is 13.8 Å². The molecule has 0 amide bonds. The largest absolute Gasteiger partial charge is 0.453 e. The fourth-order valence-electron chi connectivity index (χ4n) is 3.26. The molecule has 0 spiro atoms. The number of aryl methyl sites for hydroxylation is 1. The van der Waals surface area contributed by atoms with Crippen molar-refractivity contribution in [3.63, 3.8) is 0 Å². The summed E-state index contributed by atoms with van der Waals surface area (Å²) >= 11 is 0. The number of ether oxygens (including phenoxy) is 2. The molecule has 1 aromatic carbocycles. The molecule has 2 aromatic heterocycles. The minimum atomic E-state index is -0.534. The Bertz CT molecular complexity index is 935. The highest BCUT2D eigenvalue weighted by molar-refractivity contribution is 6.01. The van der Waals surface area contributed by atoms with Crippen LogP contribution in [0.2, 0.25) is 0 Å². The lowest BCUT2D eigenvalue weighted by Crippen LogP contribution is -2.15. The van der Waals surface area contributed by atoms with Crippen LogP contribution in [0.5, 0.6) is 0 Å². The van der Waals surface area contributed by atoms with Crippen molar-refractivity contribution in [2.75, 3.05) is 20.3 Å². The van der Waals surface area contributed by atoms with Gasteiger partial charge in [-0.3, -0.25) is 4.79 Å². The van der Waals surface area contributed by atoms with E-state index in [0.29, 0.717) is 17.9 Å². The number of Topliss-reactive ketones (excluding diaryl/α,β-unsaturated/α-hetero) is 1. The lowest BCUT2D eigenvalue weighted by Gasteiger charge is -2.09. The molecular formula is C21H24N2O4. The molecule has 0 aliphatic carbocycles. The SMILES string of the molecule is COCCCn1c(C)cc(C(=O)COC(=O)c2cc3ccccc3[nH]2)c1C. The molecule has 0 aliphatic rings. The Balaban J connectivity index is 1.65. The zero-order chi connectivity index (χ0) is 19.4. The van der Waals surface area contributed by atoms with Gasteiger partial charge in [0.1, 0.15) is 5.69 Å². The van der Waals surface area contributed by atoms with Gasteiger partial charge in [0.2, 0.25) is 5.78 Å². The fourth-order valence-corrected chi connectivity index (χ4v) is 3.26. The molecular weight excluding hydrogens is 344 g/mol. The van der Waals surface area contributed by atoms with Crippen molar-refractivity contribution in [3.05, 3.63) is 59.0 Å². The average molecular weight is 368 g/mol. The summed E-state index contributed by atoms with van der Waals surface area (Å²) < 4.78 is 12.4. The summed E-state index contributed by atoms with van der Waals surface area (Å²) in [6.07, 6.45) is 0.871. The first-order valence-electron chi connectivity index (χ1n) is 8.95. The van der Waals surface area contributed by atoms with E-state index in [1.54, 1.807) is 13.2 Å². The molecule has 3 aromatic rings. The molecule has 6 nitrogen and oxygen atoms in total. The third kappa shape index (κ3) is 4.11. The van der Waals surface area contributed by atoms with E-state index in [1.165, 1.54) is 0 Å². The van der Waals surface area contributed by atoms with Crippen molar-refractivity contribution in [3.8, 4) is 0 Å². The van der Waals surface area contributed by atoms with Crippen molar-refractivity contribution in [2.45, 2.75) is 26.8 Å². The van der Waals surface area contributed by atoms with Crippen LogP contribution in [-0.2, 0) is 16.0 Å². The van der Waals surface area contributed by atoms with Gasteiger partial charge >= 0.3 is 5.97 Å². The van der Waals surface area contributed by atoms with E-state index in [2.05, 4.69) is 9.55 Å². The zero-order valence-electron chi connectivity index (χ0n) is 15.9. The van der Waals surface area contributed by atoms with E-state index in [-0.39, 0.29) is 12.4 Å². The van der Waals surface area contributed by atoms with Gasteiger partial charge in [0, 0.05) is 48.1 Å². The second-order valence-corrected chi connectivity index (χ2v) is 6.55. The summed E-state index contributed by atoms with van der Waals surface area (Å²) in [6.45, 7) is 5.05. The van der Waals surface area contributed by atoms with E-state index >= 15 is 0 Å². The first kappa shape index (κ1) is 18.9. The number of ketones is 1. The highest BCUT2D eigenvalue weighted by Crippen LogP contribution is 2.18. The number of nitrogens with one attached hydrogen (secondary N) is 1. The maximum atomic E-state index is 12.5. The van der Waals surface area contributed by atoms with Gasteiger partial charge < -0.3 is 19.0 Å². The molecule has 3 rings (SSSR count). The van der Waals surface area contributed by atoms with E-state index in [4.69, 9.17) is 9.47 Å². The second kappa shape index (κ2) is 8.22. The van der Waals surface area contributed by atoms with Gasteiger partial charge in [-0.25, -0.2) is 4.79 Å². The highest BCUT2D eigenvalue weighted by atomic mass is 16.5. The zero-order valence-corrected chi connectivity index (χ0v) is 15.9. The Morgan fingerprint density at radius 2 is 1.93 bits per heavy atom. The maximum absolute atomic E-state index is 12.5. The molecule has 1 N–H and O–H groups in total. The monoisotopic (exact) mass is 368 g/mol. The van der Waals surface area contributed by atoms with Crippen LogP contribution < -0.4 is 0 Å². The number of aromatic amines is 1. The number of rotatable bonds is 8. The quantitative estimate of drug-likeness (QED) is 0.374. The van der Waals surface area contributed by atoms with Gasteiger partial charge in [0.15, 0.2) is 6.61 Å². The van der Waals surface area contributed by atoms with Crippen LogP contribution in [0.3, 0.4) is 0 Å². The summed E-state index contributed by atoms with van der Waals surface area (Å²) in [5, 5.41) is 0.926. The molecule has 0 radical (unpaired) electrons. The number of nitrogens with zero attached hydrogens (tertiary/aromatic N) is 1. The minimum absolute atomic E-state index is 0.203. The molecule has 6 heteroatoms. The number of carbonyl (C=O) groups excluding carboxylic acids is 2. The Kier molecular flexibility index (Phi) is 5.76. The van der Waals surface area contributed by atoms with Crippen LogP contribution in [0.15, 0.2) is 36.4 Å². The van der Waals surface area contributed by atoms with E-state index < -0.39 is 5.97 Å². The van der Waals surface area contributed by atoms with Crippen molar-refractivity contribution in [2.24, 2.45) is 0 Å². The number of hydrogen-bond acceptors (Lipinski definition) is 4. The smallest absolute Gasteiger partial charge is 0.355 e. The van der Waals surface area contributed by atoms with Crippen LogP contribution in [0.4, 0.5) is 0 Å². The molecule has 0 saturated carbocycles. The first-order valence-corrected chi connectivity index (χ1v) is 8.95. The molecule has 2 heterocycles. The third-order valence-electron chi connectivity index (χ3n) is 4.69. The van der Waals surface area contributed by atoms with Crippen LogP contribution >= 0.6 is 0 Å². The lowest BCUT2D eigenvalue weighted by atomic mass is 10.1. The number of hydrogen-bond donors (Lipinski definition) is 1. The van der Waals surface area contributed by atoms with Gasteiger partial charge in [-0.2, -0.15) is 0 Å². The standard InChI is InChI=1S/C21H24N2O4/c1-14-11-17(15(2)23(14)9-6-10-26-3)20(24)13-27-21(25)19-12-16-7-4-5-8-18(16)22-19/h4-5,7-8,11-12,22H,6,9-10,13H2,1-3H3. The van der Waals surface area contributed by atoms with Gasteiger partial charge in [0.05, 0.1) is 0 Å². The van der Waals surface area contributed by atoms with Gasteiger partial charge in [-0.1, -0.05) is 18.2 Å². The molecule has 27 heavy (non-hydrogen) atoms. The maximum Gasteiger partial charge on any atom is 0.355 e. The summed E-state index contributed by atoms with van der Waals surface area (Å²) in [4.78, 5) is 27.8. The van der Waals surface area contributed by atoms with E-state index in [9.17, 15) is 9.59 Å². The predicted molar refractivity (Wildman–Crippen MR) is 103 cm³/mol. The number of fused-ring (bicyclic) bond motifs is 1. The first-order chi connectivity index (χ1) is 13.0. The van der Waals surface area contributed by atoms with Crippen molar-refractivity contribution in [1.29, 1.82) is 0 Å². The Labute approximate surface area is 158 Å². The number of H-pyrrole nitrogens is 1. The van der Waals surface area contributed by atoms with Gasteiger partial charge in [0.25, 0.3) is 0 Å². The van der Waals surface area contributed by atoms with Crippen LogP contribution in [0.25, 0.3) is 10.9 Å². The normalized spacial score (nSPS) is 11.1. The minimum Gasteiger partial charge on any atom is -0.453 e. The van der Waals surface area contributed by atoms with E-state index in [1.807, 2.05) is 44.2 Å². The molecule has 0 unspecified atom stereocenters. The van der Waals surface area contributed by atoms with Crippen LogP contribution in [-0.4, -0.2) is 41.6 Å². The van der Waals surface area contributed by atoms with Gasteiger partial charge in [-0.15, -0.1) is 0 Å². The number of para-hydroxylation sites is 1. The molecule has 0 bridgehead atoms. The Morgan fingerprint density at radius 3 is 2.67 bits per heavy atom. The van der Waals surface area contributed by atoms with Crippen molar-refractivity contribution >= 4 is 22.7 Å². The summed E-state index contributed by atoms with van der Waals surface area (Å²) in [7, 11) is 1.67. The number of methoxy groups -OCH3 is 1. The number of benzene rings is 1. The molecule has 142 valence electrons. The summed E-state index contributed by atoms with van der Waals surface area (Å²) in [5.41, 5.74) is 3.68. The topological polar surface area (TPSA) is 73.3 Å². The number of aromatic nitrogens is 2. The molecule has 0 aliphatic heterocycles. The number of carbonyl (C=O) groups is 2. The summed E-state index contributed by atoms with van der Waals surface area (Å²) in [6, 6.07) is 11.2. The Hall–Kier alpha value is -2.86. The molecule has 0 saturated heterocycles. The summed E-state index contributed by atoms with van der Waals surface area (Å²) in [5.74, 6) is -0.737. The fraction of sp³-hybridized carbons (Fsp3) is 0.333.